The molecule has 10 nitrogen and oxygen atoms in total. The maximum absolute atomic E-state index is 14.0. The van der Waals surface area contributed by atoms with Gasteiger partial charge in [0, 0.05) is 40.9 Å². The van der Waals surface area contributed by atoms with Crippen LogP contribution in [0.25, 0.3) is 56.0 Å². The van der Waals surface area contributed by atoms with Crippen LogP contribution in [-0.2, 0) is 4.79 Å². The molecule has 0 radical (unpaired) electrons. The van der Waals surface area contributed by atoms with Crippen LogP contribution in [0.3, 0.4) is 0 Å². The first-order valence-corrected chi connectivity index (χ1v) is 13.5. The van der Waals surface area contributed by atoms with Crippen LogP contribution in [0.15, 0.2) is 61.2 Å². The highest BCUT2D eigenvalue weighted by Gasteiger charge is 2.22. The average Bonchev–Trinajstić information content (AvgIpc) is 3.61. The van der Waals surface area contributed by atoms with Crippen LogP contribution < -0.4 is 5.32 Å². The van der Waals surface area contributed by atoms with Gasteiger partial charge in [-0.15, -0.1) is 0 Å². The first kappa shape index (κ1) is 24.8. The highest BCUT2D eigenvalue weighted by Crippen LogP contribution is 2.33. The van der Waals surface area contributed by atoms with Gasteiger partial charge in [-0.25, -0.2) is 14.4 Å². The Morgan fingerprint density at radius 2 is 1.88 bits per heavy atom. The smallest absolute Gasteiger partial charge is 0.227 e. The third-order valence-electron chi connectivity index (χ3n) is 7.53. The Morgan fingerprint density at radius 1 is 1.00 bits per heavy atom. The topological polar surface area (TPSA) is 145 Å². The average molecular weight is 549 g/mol. The molecule has 1 fully saturated rings. The number of rotatable bonds is 5. The fraction of sp³-hybridized carbons (Fsp3) is 0.200. The summed E-state index contributed by atoms with van der Waals surface area (Å²) in [5.41, 5.74) is 5.46. The molecule has 6 aromatic rings. The largest absolute Gasteiger partial charge is 0.508 e. The number of carbonyl (C=O) groups is 1. The van der Waals surface area contributed by atoms with Crippen LogP contribution in [0.5, 0.6) is 5.75 Å². The lowest BCUT2D eigenvalue weighted by Crippen LogP contribution is -2.24. The highest BCUT2D eigenvalue weighted by atomic mass is 19.1. The molecule has 1 aromatic carbocycles. The third-order valence-corrected chi connectivity index (χ3v) is 7.53. The number of aromatic amines is 2. The van der Waals surface area contributed by atoms with Gasteiger partial charge in [-0.1, -0.05) is 19.3 Å². The molecule has 1 saturated carbocycles. The zero-order chi connectivity index (χ0) is 27.9. The highest BCUT2D eigenvalue weighted by molar-refractivity contribution is 5.97. The van der Waals surface area contributed by atoms with E-state index in [4.69, 9.17) is 0 Å². The number of anilines is 1. The molecule has 0 aliphatic heterocycles. The van der Waals surface area contributed by atoms with Gasteiger partial charge < -0.3 is 15.4 Å². The van der Waals surface area contributed by atoms with Crippen molar-refractivity contribution in [1.29, 1.82) is 0 Å². The second-order valence-electron chi connectivity index (χ2n) is 10.3. The second kappa shape index (κ2) is 10.1. The summed E-state index contributed by atoms with van der Waals surface area (Å²) in [6, 6.07) is 9.38. The molecule has 204 valence electrons. The lowest BCUT2D eigenvalue weighted by molar-refractivity contribution is -0.120. The quantitative estimate of drug-likeness (QED) is 0.207. The minimum Gasteiger partial charge on any atom is -0.508 e. The molecule has 0 unspecified atom stereocenters. The Bertz CT molecular complexity index is 1900. The third kappa shape index (κ3) is 4.75. The van der Waals surface area contributed by atoms with Crippen molar-refractivity contribution >= 4 is 33.7 Å². The van der Waals surface area contributed by atoms with Crippen LogP contribution in [0.4, 0.5) is 10.1 Å². The molecule has 4 N–H and O–H groups in total. The number of pyridine rings is 3. The lowest BCUT2D eigenvalue weighted by Gasteiger charge is -2.20. The fourth-order valence-corrected chi connectivity index (χ4v) is 5.51. The number of phenolic OH excluding ortho intramolecular Hbond substituents is 1. The summed E-state index contributed by atoms with van der Waals surface area (Å²) in [7, 11) is 0. The van der Waals surface area contributed by atoms with Crippen LogP contribution >= 0.6 is 0 Å². The van der Waals surface area contributed by atoms with Crippen molar-refractivity contribution in [3.8, 4) is 39.7 Å². The predicted octanol–water partition coefficient (Wildman–Crippen LogP) is 5.99. The standard InChI is InChI=1S/C30H25FN8O2/c31-19-8-17(10-21(40)11-19)22-6-7-33-28-26(22)36-29(37-28)27-23-12-24(34-15-25(23)38-39-27)18-9-20(14-32-13-18)35-30(41)16-4-2-1-3-5-16/h6-16,40H,1-5H2,(H,35,41)(H,38,39)(H,33,36,37). The Hall–Kier alpha value is -5.19. The first-order valence-electron chi connectivity index (χ1n) is 13.5. The van der Waals surface area contributed by atoms with E-state index in [0.29, 0.717) is 50.7 Å². The molecule has 0 atom stereocenters. The molecule has 5 heterocycles. The monoisotopic (exact) mass is 548 g/mol. The number of imidazole rings is 1. The van der Waals surface area contributed by atoms with E-state index in [1.807, 2.05) is 12.1 Å². The van der Waals surface area contributed by atoms with Crippen molar-refractivity contribution in [2.45, 2.75) is 32.1 Å². The molecule has 5 aromatic heterocycles. The zero-order valence-electron chi connectivity index (χ0n) is 21.9. The number of aromatic nitrogens is 7. The van der Waals surface area contributed by atoms with Gasteiger partial charge in [0.1, 0.15) is 17.3 Å². The molecule has 1 aliphatic rings. The minimum atomic E-state index is -0.546. The van der Waals surface area contributed by atoms with Gasteiger partial charge >= 0.3 is 0 Å². The molecule has 11 heteroatoms. The molecule has 41 heavy (non-hydrogen) atoms. The normalized spacial score (nSPS) is 14.1. The number of hydrogen-bond donors (Lipinski definition) is 4. The first-order chi connectivity index (χ1) is 20.0. The fourth-order valence-electron chi connectivity index (χ4n) is 5.51. The molecule has 0 spiro atoms. The summed E-state index contributed by atoms with van der Waals surface area (Å²) in [5, 5.41) is 21.2. The summed E-state index contributed by atoms with van der Waals surface area (Å²) in [4.78, 5) is 34.0. The van der Waals surface area contributed by atoms with Gasteiger partial charge in [0.05, 0.1) is 34.8 Å². The number of carbonyl (C=O) groups excluding carboxylic acids is 1. The summed E-state index contributed by atoms with van der Waals surface area (Å²) in [5.74, 6) is -0.169. The number of benzene rings is 1. The Kier molecular flexibility index (Phi) is 6.11. The Balaban J connectivity index is 1.23. The maximum atomic E-state index is 14.0. The van der Waals surface area contributed by atoms with Crippen LogP contribution in [0.1, 0.15) is 32.1 Å². The summed E-state index contributed by atoms with van der Waals surface area (Å²) >= 11 is 0. The maximum Gasteiger partial charge on any atom is 0.227 e. The number of nitrogens with one attached hydrogen (secondary N) is 3. The number of amides is 1. The van der Waals surface area contributed by atoms with E-state index in [1.165, 1.54) is 18.6 Å². The molecule has 1 aliphatic carbocycles. The van der Waals surface area contributed by atoms with Gasteiger partial charge in [-0.05, 0) is 48.7 Å². The van der Waals surface area contributed by atoms with Crippen molar-refractivity contribution in [3.63, 3.8) is 0 Å². The number of H-pyrrole nitrogens is 2. The van der Waals surface area contributed by atoms with E-state index in [1.54, 1.807) is 30.9 Å². The van der Waals surface area contributed by atoms with Crippen LogP contribution in [-0.4, -0.2) is 46.1 Å². The van der Waals surface area contributed by atoms with Gasteiger partial charge in [0.2, 0.25) is 5.91 Å². The predicted molar refractivity (Wildman–Crippen MR) is 152 cm³/mol. The van der Waals surface area contributed by atoms with Crippen molar-refractivity contribution in [1.82, 2.24) is 35.1 Å². The van der Waals surface area contributed by atoms with E-state index >= 15 is 0 Å². The van der Waals surface area contributed by atoms with Crippen LogP contribution in [0, 0.1) is 11.7 Å². The summed E-state index contributed by atoms with van der Waals surface area (Å²) in [6.45, 7) is 0. The van der Waals surface area contributed by atoms with Crippen molar-refractivity contribution < 1.29 is 14.3 Å². The van der Waals surface area contributed by atoms with Gasteiger partial charge in [-0.3, -0.25) is 19.9 Å². The van der Waals surface area contributed by atoms with Gasteiger partial charge in [0.25, 0.3) is 0 Å². The number of phenols is 1. The molecule has 0 bridgehead atoms. The van der Waals surface area contributed by atoms with E-state index < -0.39 is 5.82 Å². The van der Waals surface area contributed by atoms with Gasteiger partial charge in [-0.2, -0.15) is 5.10 Å². The summed E-state index contributed by atoms with van der Waals surface area (Å²) < 4.78 is 14.0. The van der Waals surface area contributed by atoms with Crippen molar-refractivity contribution in [2.75, 3.05) is 5.32 Å². The van der Waals surface area contributed by atoms with Gasteiger partial charge in [0.15, 0.2) is 11.5 Å². The molecular weight excluding hydrogens is 523 g/mol. The van der Waals surface area contributed by atoms with E-state index in [9.17, 15) is 14.3 Å². The zero-order valence-corrected chi connectivity index (χ0v) is 21.9. The Labute approximate surface area is 233 Å². The molecule has 1 amide bonds. The van der Waals surface area contributed by atoms with E-state index in [2.05, 4.69) is 40.4 Å². The second-order valence-corrected chi connectivity index (χ2v) is 10.3. The summed E-state index contributed by atoms with van der Waals surface area (Å²) in [6.07, 6.45) is 11.8. The molecular formula is C30H25FN8O2. The molecule has 7 rings (SSSR count). The number of halogens is 1. The SMILES string of the molecule is O=C(Nc1cncc(-c2cc3c(-c4nc5nccc(-c6cc(O)cc(F)c6)c5[nH]4)n[nH]c3cn2)c1)C1CCCCC1. The molecule has 0 saturated heterocycles. The number of hydrogen-bond acceptors (Lipinski definition) is 7. The van der Waals surface area contributed by atoms with Crippen LogP contribution in [0.2, 0.25) is 0 Å². The van der Waals surface area contributed by atoms with E-state index in [-0.39, 0.29) is 17.6 Å². The minimum absolute atomic E-state index is 0.0375. The number of aromatic hydroxyl groups is 1. The number of nitrogens with zero attached hydrogens (tertiary/aromatic N) is 5. The number of fused-ring (bicyclic) bond motifs is 2. The lowest BCUT2D eigenvalue weighted by atomic mass is 9.88. The van der Waals surface area contributed by atoms with E-state index in [0.717, 1.165) is 42.7 Å². The Morgan fingerprint density at radius 3 is 2.73 bits per heavy atom. The van der Waals surface area contributed by atoms with Crippen molar-refractivity contribution in [2.24, 2.45) is 5.92 Å². The van der Waals surface area contributed by atoms with Crippen molar-refractivity contribution in [3.05, 3.63) is 67.0 Å².